The molecule has 0 bridgehead atoms. The molecular formula is C21H25BFNO3. The summed E-state index contributed by atoms with van der Waals surface area (Å²) in [5.74, 6) is -0.905. The summed E-state index contributed by atoms with van der Waals surface area (Å²) in [4.78, 5) is 12.2. The van der Waals surface area contributed by atoms with E-state index in [0.29, 0.717) is 12.1 Å². The molecule has 1 saturated heterocycles. The van der Waals surface area contributed by atoms with Gasteiger partial charge < -0.3 is 14.6 Å². The maximum absolute atomic E-state index is 14.0. The van der Waals surface area contributed by atoms with Gasteiger partial charge in [0.25, 0.3) is 5.91 Å². The Labute approximate surface area is 160 Å². The van der Waals surface area contributed by atoms with Crippen LogP contribution in [0.4, 0.5) is 4.39 Å². The fourth-order valence-electron chi connectivity index (χ4n) is 2.87. The van der Waals surface area contributed by atoms with E-state index in [9.17, 15) is 9.18 Å². The lowest BCUT2D eigenvalue weighted by Crippen LogP contribution is -2.41. The zero-order valence-corrected chi connectivity index (χ0v) is 16.4. The summed E-state index contributed by atoms with van der Waals surface area (Å²) in [6, 6.07) is 12.5. The van der Waals surface area contributed by atoms with E-state index >= 15 is 0 Å². The molecular weight excluding hydrogens is 344 g/mol. The van der Waals surface area contributed by atoms with Crippen molar-refractivity contribution in [3.05, 3.63) is 65.0 Å². The van der Waals surface area contributed by atoms with Crippen LogP contribution in [0.15, 0.2) is 42.5 Å². The number of benzene rings is 2. The summed E-state index contributed by atoms with van der Waals surface area (Å²) in [6.07, 6.45) is 0. The van der Waals surface area contributed by atoms with Crippen LogP contribution in [0.5, 0.6) is 0 Å². The van der Waals surface area contributed by atoms with Crippen molar-refractivity contribution >= 4 is 18.5 Å². The van der Waals surface area contributed by atoms with E-state index in [1.165, 1.54) is 6.07 Å². The van der Waals surface area contributed by atoms with Gasteiger partial charge in [-0.1, -0.05) is 36.4 Å². The maximum atomic E-state index is 14.0. The molecule has 2 aromatic rings. The second-order valence-electron chi connectivity index (χ2n) is 7.95. The topological polar surface area (TPSA) is 47.6 Å². The molecule has 1 heterocycles. The lowest BCUT2D eigenvalue weighted by atomic mass is 9.79. The van der Waals surface area contributed by atoms with Crippen molar-refractivity contribution in [2.24, 2.45) is 0 Å². The number of halogens is 1. The lowest BCUT2D eigenvalue weighted by molar-refractivity contribution is 0.00578. The van der Waals surface area contributed by atoms with E-state index in [1.54, 1.807) is 19.1 Å². The fourth-order valence-corrected chi connectivity index (χ4v) is 2.87. The van der Waals surface area contributed by atoms with Gasteiger partial charge in [-0.3, -0.25) is 4.79 Å². The van der Waals surface area contributed by atoms with Crippen molar-refractivity contribution in [3.63, 3.8) is 0 Å². The Morgan fingerprint density at radius 2 is 1.63 bits per heavy atom. The highest BCUT2D eigenvalue weighted by Crippen LogP contribution is 2.36. The number of hydrogen-bond acceptors (Lipinski definition) is 3. The van der Waals surface area contributed by atoms with Gasteiger partial charge in [-0.15, -0.1) is 0 Å². The van der Waals surface area contributed by atoms with Crippen molar-refractivity contribution in [2.75, 3.05) is 0 Å². The Balaban J connectivity index is 1.63. The van der Waals surface area contributed by atoms with Crippen LogP contribution >= 0.6 is 0 Å². The van der Waals surface area contributed by atoms with Gasteiger partial charge in [-0.25, -0.2) is 4.39 Å². The minimum atomic E-state index is -0.480. The third-order valence-electron chi connectivity index (χ3n) is 5.39. The molecule has 0 spiro atoms. The van der Waals surface area contributed by atoms with Gasteiger partial charge in [0.05, 0.1) is 16.8 Å². The van der Waals surface area contributed by atoms with Crippen LogP contribution in [0.2, 0.25) is 0 Å². The molecule has 6 heteroatoms. The number of carbonyl (C=O) groups excluding carboxylic acids is 1. The van der Waals surface area contributed by atoms with Gasteiger partial charge in [0.15, 0.2) is 0 Å². The van der Waals surface area contributed by atoms with Crippen LogP contribution in [0, 0.1) is 12.7 Å². The fraction of sp³-hybridized carbons (Fsp3) is 0.381. The van der Waals surface area contributed by atoms with Gasteiger partial charge >= 0.3 is 7.12 Å². The SMILES string of the molecule is Cc1cccc(C(=O)NCc2ccc(B3OC(C)(C)C(C)(C)O3)cc2)c1F. The van der Waals surface area contributed by atoms with Crippen molar-refractivity contribution in [1.82, 2.24) is 5.32 Å². The maximum Gasteiger partial charge on any atom is 0.494 e. The van der Waals surface area contributed by atoms with Crippen LogP contribution in [0.1, 0.15) is 49.2 Å². The molecule has 0 unspecified atom stereocenters. The predicted octanol–water partition coefficient (Wildman–Crippen LogP) is 3.36. The highest BCUT2D eigenvalue weighted by Gasteiger charge is 2.51. The van der Waals surface area contributed by atoms with E-state index in [-0.39, 0.29) is 16.8 Å². The number of amides is 1. The summed E-state index contributed by atoms with van der Waals surface area (Å²) in [5, 5.41) is 2.76. The van der Waals surface area contributed by atoms with Gasteiger partial charge in [0.2, 0.25) is 0 Å². The molecule has 1 amide bonds. The van der Waals surface area contributed by atoms with Crippen LogP contribution in [-0.2, 0) is 15.9 Å². The molecule has 142 valence electrons. The molecule has 0 saturated carbocycles. The minimum absolute atomic E-state index is 0.0591. The van der Waals surface area contributed by atoms with Crippen molar-refractivity contribution in [2.45, 2.75) is 52.4 Å². The van der Waals surface area contributed by atoms with Crippen molar-refractivity contribution in [3.8, 4) is 0 Å². The Bertz CT molecular complexity index is 833. The lowest BCUT2D eigenvalue weighted by Gasteiger charge is -2.32. The molecule has 1 aliphatic rings. The Kier molecular flexibility index (Phi) is 5.15. The molecule has 4 nitrogen and oxygen atoms in total. The second kappa shape index (κ2) is 7.10. The van der Waals surface area contributed by atoms with Crippen LogP contribution in [0.25, 0.3) is 0 Å². The third-order valence-corrected chi connectivity index (χ3v) is 5.39. The van der Waals surface area contributed by atoms with Crippen LogP contribution in [-0.4, -0.2) is 24.2 Å². The number of carbonyl (C=O) groups is 1. The first-order chi connectivity index (χ1) is 12.6. The molecule has 0 aromatic heterocycles. The van der Waals surface area contributed by atoms with Gasteiger partial charge in [0.1, 0.15) is 5.82 Å². The molecule has 3 rings (SSSR count). The first-order valence-electron chi connectivity index (χ1n) is 9.08. The molecule has 1 N–H and O–H groups in total. The van der Waals surface area contributed by atoms with E-state index in [1.807, 2.05) is 52.0 Å². The van der Waals surface area contributed by atoms with E-state index < -0.39 is 18.8 Å². The summed E-state index contributed by atoms with van der Waals surface area (Å²) in [7, 11) is -0.417. The molecule has 2 aromatic carbocycles. The van der Waals surface area contributed by atoms with E-state index in [2.05, 4.69) is 5.32 Å². The number of rotatable bonds is 4. The molecule has 0 aliphatic carbocycles. The first-order valence-corrected chi connectivity index (χ1v) is 9.08. The van der Waals surface area contributed by atoms with E-state index in [4.69, 9.17) is 9.31 Å². The number of hydrogen-bond donors (Lipinski definition) is 1. The second-order valence-corrected chi connectivity index (χ2v) is 7.95. The van der Waals surface area contributed by atoms with Gasteiger partial charge in [-0.2, -0.15) is 0 Å². The standard InChI is InChI=1S/C21H25BFNO3/c1-14-7-6-8-17(18(14)23)19(25)24-13-15-9-11-16(12-10-15)22-26-20(2,3)21(4,5)27-22/h6-12H,13H2,1-5H3,(H,24,25). The molecule has 1 fully saturated rings. The minimum Gasteiger partial charge on any atom is -0.399 e. The molecule has 0 atom stereocenters. The average Bonchev–Trinajstić information content (AvgIpc) is 2.83. The first kappa shape index (κ1) is 19.6. The van der Waals surface area contributed by atoms with Crippen molar-refractivity contribution < 1.29 is 18.5 Å². The summed E-state index contributed by atoms with van der Waals surface area (Å²) >= 11 is 0. The smallest absolute Gasteiger partial charge is 0.399 e. The average molecular weight is 369 g/mol. The normalized spacial score (nSPS) is 17.8. The Morgan fingerprint density at radius 3 is 2.22 bits per heavy atom. The number of aryl methyl sites for hydroxylation is 1. The molecule has 1 aliphatic heterocycles. The monoisotopic (exact) mass is 369 g/mol. The Morgan fingerprint density at radius 1 is 1.04 bits per heavy atom. The van der Waals surface area contributed by atoms with Crippen molar-refractivity contribution in [1.29, 1.82) is 0 Å². The summed E-state index contributed by atoms with van der Waals surface area (Å²) in [6.45, 7) is 10.0. The summed E-state index contributed by atoms with van der Waals surface area (Å²) < 4.78 is 26.1. The predicted molar refractivity (Wildman–Crippen MR) is 104 cm³/mol. The highest BCUT2D eigenvalue weighted by molar-refractivity contribution is 6.62. The zero-order valence-electron chi connectivity index (χ0n) is 16.4. The highest BCUT2D eigenvalue weighted by atomic mass is 19.1. The van der Waals surface area contributed by atoms with Crippen LogP contribution < -0.4 is 10.8 Å². The number of nitrogens with one attached hydrogen (secondary N) is 1. The third kappa shape index (κ3) is 3.92. The molecule has 27 heavy (non-hydrogen) atoms. The molecule has 0 radical (unpaired) electrons. The summed E-state index contributed by atoms with van der Waals surface area (Å²) in [5.41, 5.74) is 1.58. The quantitative estimate of drug-likeness (QED) is 0.841. The van der Waals surface area contributed by atoms with Gasteiger partial charge in [0, 0.05) is 6.54 Å². The van der Waals surface area contributed by atoms with Crippen LogP contribution in [0.3, 0.4) is 0 Å². The Hall–Kier alpha value is -2.18. The van der Waals surface area contributed by atoms with Gasteiger partial charge in [-0.05, 0) is 57.3 Å². The zero-order chi connectivity index (χ0) is 19.8. The largest absolute Gasteiger partial charge is 0.494 e. The van der Waals surface area contributed by atoms with E-state index in [0.717, 1.165) is 11.0 Å².